The molecule has 178 valence electrons. The van der Waals surface area contributed by atoms with Gasteiger partial charge in [-0.2, -0.15) is 4.31 Å². The van der Waals surface area contributed by atoms with Crippen LogP contribution in [0, 0.1) is 0 Å². The van der Waals surface area contributed by atoms with E-state index in [9.17, 15) is 13.2 Å². The van der Waals surface area contributed by atoms with Crippen LogP contribution < -0.4 is 10.2 Å². The largest absolute Gasteiger partial charge is 0.371 e. The average molecular weight is 470 g/mol. The fourth-order valence-corrected chi connectivity index (χ4v) is 6.24. The van der Waals surface area contributed by atoms with Crippen LogP contribution in [0.3, 0.4) is 0 Å². The third-order valence-corrected chi connectivity index (χ3v) is 8.59. The second kappa shape index (κ2) is 11.2. The number of benzene rings is 2. The minimum absolute atomic E-state index is 0.00693. The van der Waals surface area contributed by atoms with Crippen LogP contribution in [-0.4, -0.2) is 44.8 Å². The maximum Gasteiger partial charge on any atom is 0.243 e. The summed E-state index contributed by atoms with van der Waals surface area (Å²) in [5.74, 6) is 0.00693. The van der Waals surface area contributed by atoms with E-state index in [1.54, 1.807) is 16.4 Å². The Hall–Kier alpha value is -2.38. The fourth-order valence-electron chi connectivity index (χ4n) is 4.73. The predicted octanol–water partition coefficient (Wildman–Crippen LogP) is 4.10. The molecule has 0 saturated carbocycles. The van der Waals surface area contributed by atoms with Crippen molar-refractivity contribution < 1.29 is 13.2 Å². The molecule has 2 aromatic rings. The minimum atomic E-state index is -3.43. The summed E-state index contributed by atoms with van der Waals surface area (Å²) in [6.45, 7) is 3.89. The molecule has 0 unspecified atom stereocenters. The number of carbonyl (C=O) groups is 1. The van der Waals surface area contributed by atoms with E-state index in [0.29, 0.717) is 37.4 Å². The van der Waals surface area contributed by atoms with Crippen molar-refractivity contribution in [3.05, 3.63) is 59.7 Å². The number of carbonyl (C=O) groups excluding carboxylic acids is 1. The standard InChI is InChI=1S/C26H35N3O3S/c30-26(27-21-23-9-3-4-10-25(23)28-17-7-8-18-28)16-13-22-11-14-24(15-12-22)33(31,32)29-19-5-1-2-6-20-29/h3-4,9-12,14-15H,1-2,5-8,13,16-21H2,(H,27,30). The number of hydrogen-bond donors (Lipinski definition) is 1. The third-order valence-electron chi connectivity index (χ3n) is 6.68. The first-order valence-corrected chi connectivity index (χ1v) is 13.7. The van der Waals surface area contributed by atoms with Crippen LogP contribution in [0.15, 0.2) is 53.4 Å². The lowest BCUT2D eigenvalue weighted by molar-refractivity contribution is -0.121. The number of amides is 1. The zero-order valence-corrected chi connectivity index (χ0v) is 20.2. The molecule has 7 heteroatoms. The van der Waals surface area contributed by atoms with Gasteiger partial charge in [-0.3, -0.25) is 4.79 Å². The van der Waals surface area contributed by atoms with Crippen molar-refractivity contribution in [1.29, 1.82) is 0 Å². The van der Waals surface area contributed by atoms with Gasteiger partial charge in [0, 0.05) is 44.8 Å². The van der Waals surface area contributed by atoms with Gasteiger partial charge in [0.2, 0.25) is 15.9 Å². The van der Waals surface area contributed by atoms with Gasteiger partial charge < -0.3 is 10.2 Å². The quantitative estimate of drug-likeness (QED) is 0.632. The topological polar surface area (TPSA) is 69.7 Å². The summed E-state index contributed by atoms with van der Waals surface area (Å²) >= 11 is 0. The van der Waals surface area contributed by atoms with Crippen molar-refractivity contribution in [1.82, 2.24) is 9.62 Å². The van der Waals surface area contributed by atoms with Crippen LogP contribution in [0.4, 0.5) is 5.69 Å². The molecule has 6 nitrogen and oxygen atoms in total. The van der Waals surface area contributed by atoms with Gasteiger partial charge in [-0.05, 0) is 61.4 Å². The fraction of sp³-hybridized carbons (Fsp3) is 0.500. The van der Waals surface area contributed by atoms with E-state index in [0.717, 1.165) is 49.9 Å². The van der Waals surface area contributed by atoms with E-state index < -0.39 is 10.0 Å². The molecule has 2 saturated heterocycles. The Morgan fingerprint density at radius 2 is 1.45 bits per heavy atom. The van der Waals surface area contributed by atoms with Crippen molar-refractivity contribution in [3.63, 3.8) is 0 Å². The number of anilines is 1. The molecule has 0 aromatic heterocycles. The molecule has 2 aliphatic heterocycles. The van der Waals surface area contributed by atoms with Gasteiger partial charge in [0.1, 0.15) is 0 Å². The predicted molar refractivity (Wildman–Crippen MR) is 132 cm³/mol. The summed E-state index contributed by atoms with van der Waals surface area (Å²) in [4.78, 5) is 15.2. The SMILES string of the molecule is O=C(CCc1ccc(S(=O)(=O)N2CCCCCC2)cc1)NCc1ccccc1N1CCCC1. The number of rotatable bonds is 8. The molecule has 2 aliphatic rings. The number of sulfonamides is 1. The first-order valence-electron chi connectivity index (χ1n) is 12.2. The molecule has 1 N–H and O–H groups in total. The molecular formula is C26H35N3O3S. The Morgan fingerprint density at radius 3 is 2.15 bits per heavy atom. The highest BCUT2D eigenvalue weighted by Gasteiger charge is 2.25. The first-order chi connectivity index (χ1) is 16.0. The summed E-state index contributed by atoms with van der Waals surface area (Å²) in [5, 5.41) is 3.05. The van der Waals surface area contributed by atoms with Crippen molar-refractivity contribution in [2.75, 3.05) is 31.1 Å². The van der Waals surface area contributed by atoms with Crippen LogP contribution >= 0.6 is 0 Å². The van der Waals surface area contributed by atoms with Crippen LogP contribution in [0.5, 0.6) is 0 Å². The Balaban J connectivity index is 1.29. The summed E-state index contributed by atoms with van der Waals surface area (Å²) in [6.07, 6.45) is 7.45. The van der Waals surface area contributed by atoms with E-state index >= 15 is 0 Å². The van der Waals surface area contributed by atoms with Crippen molar-refractivity contribution in [2.24, 2.45) is 0 Å². The van der Waals surface area contributed by atoms with Crippen LogP contribution in [-0.2, 0) is 27.8 Å². The van der Waals surface area contributed by atoms with E-state index in [-0.39, 0.29) is 5.91 Å². The molecule has 2 fully saturated rings. The highest BCUT2D eigenvalue weighted by Crippen LogP contribution is 2.24. The molecule has 2 aromatic carbocycles. The number of hydrogen-bond acceptors (Lipinski definition) is 4. The number of aryl methyl sites for hydroxylation is 1. The normalized spacial score (nSPS) is 17.6. The molecular weight excluding hydrogens is 434 g/mol. The molecule has 0 bridgehead atoms. The molecule has 33 heavy (non-hydrogen) atoms. The number of nitrogens with zero attached hydrogens (tertiary/aromatic N) is 2. The Bertz CT molecular complexity index is 1020. The highest BCUT2D eigenvalue weighted by molar-refractivity contribution is 7.89. The average Bonchev–Trinajstić information content (AvgIpc) is 3.23. The summed E-state index contributed by atoms with van der Waals surface area (Å²) in [5.41, 5.74) is 3.34. The van der Waals surface area contributed by atoms with E-state index in [4.69, 9.17) is 0 Å². The van der Waals surface area contributed by atoms with Gasteiger partial charge in [0.15, 0.2) is 0 Å². The van der Waals surface area contributed by atoms with Crippen molar-refractivity contribution >= 4 is 21.6 Å². The van der Waals surface area contributed by atoms with E-state index in [2.05, 4.69) is 28.4 Å². The lowest BCUT2D eigenvalue weighted by Gasteiger charge is -2.21. The Morgan fingerprint density at radius 1 is 0.818 bits per heavy atom. The molecule has 0 spiro atoms. The van der Waals surface area contributed by atoms with Crippen LogP contribution in [0.1, 0.15) is 56.1 Å². The summed E-state index contributed by atoms with van der Waals surface area (Å²) in [6, 6.07) is 15.3. The zero-order chi connectivity index (χ0) is 23.1. The number of nitrogens with one attached hydrogen (secondary N) is 1. The van der Waals surface area contributed by atoms with Gasteiger partial charge in [0.05, 0.1) is 4.90 Å². The van der Waals surface area contributed by atoms with Crippen LogP contribution in [0.2, 0.25) is 0 Å². The zero-order valence-electron chi connectivity index (χ0n) is 19.3. The minimum Gasteiger partial charge on any atom is -0.371 e. The lowest BCUT2D eigenvalue weighted by Crippen LogP contribution is -2.31. The van der Waals surface area contributed by atoms with E-state index in [1.165, 1.54) is 18.5 Å². The number of para-hydroxylation sites is 1. The van der Waals surface area contributed by atoms with Crippen molar-refractivity contribution in [2.45, 2.75) is 62.8 Å². The molecule has 4 rings (SSSR count). The second-order valence-corrected chi connectivity index (χ2v) is 11.0. The lowest BCUT2D eigenvalue weighted by atomic mass is 10.1. The Labute approximate surface area is 198 Å². The van der Waals surface area contributed by atoms with E-state index in [1.807, 2.05) is 18.2 Å². The third kappa shape index (κ3) is 6.15. The maximum atomic E-state index is 12.9. The van der Waals surface area contributed by atoms with Crippen molar-refractivity contribution in [3.8, 4) is 0 Å². The monoisotopic (exact) mass is 469 g/mol. The van der Waals surface area contributed by atoms with Gasteiger partial charge in [0.25, 0.3) is 0 Å². The maximum absolute atomic E-state index is 12.9. The molecule has 0 aliphatic carbocycles. The highest BCUT2D eigenvalue weighted by atomic mass is 32.2. The molecule has 2 heterocycles. The van der Waals surface area contributed by atoms with Gasteiger partial charge in [-0.25, -0.2) is 8.42 Å². The molecule has 0 atom stereocenters. The van der Waals surface area contributed by atoms with Crippen LogP contribution in [0.25, 0.3) is 0 Å². The Kier molecular flexibility index (Phi) is 8.04. The molecule has 0 radical (unpaired) electrons. The molecule has 1 amide bonds. The van der Waals surface area contributed by atoms with Gasteiger partial charge >= 0.3 is 0 Å². The van der Waals surface area contributed by atoms with Gasteiger partial charge in [-0.15, -0.1) is 0 Å². The summed E-state index contributed by atoms with van der Waals surface area (Å²) in [7, 11) is -3.43. The first kappa shape index (κ1) is 23.8. The second-order valence-electron chi connectivity index (χ2n) is 9.06. The smallest absolute Gasteiger partial charge is 0.243 e. The summed E-state index contributed by atoms with van der Waals surface area (Å²) < 4.78 is 27.5. The van der Waals surface area contributed by atoms with Gasteiger partial charge in [-0.1, -0.05) is 43.2 Å².